The first-order chi connectivity index (χ1) is 10.0. The summed E-state index contributed by atoms with van der Waals surface area (Å²) in [6, 6.07) is -0.0223. The van der Waals surface area contributed by atoms with Crippen molar-refractivity contribution in [3.63, 3.8) is 0 Å². The van der Waals surface area contributed by atoms with Gasteiger partial charge >= 0.3 is 0 Å². The lowest BCUT2D eigenvalue weighted by molar-refractivity contribution is -0.132. The summed E-state index contributed by atoms with van der Waals surface area (Å²) in [5, 5.41) is 13.9. The van der Waals surface area contributed by atoms with Gasteiger partial charge in [-0.2, -0.15) is 0 Å². The summed E-state index contributed by atoms with van der Waals surface area (Å²) in [5.41, 5.74) is 1.97. The van der Waals surface area contributed by atoms with Crippen LogP contribution in [-0.2, 0) is 10.5 Å². The van der Waals surface area contributed by atoms with Crippen LogP contribution < -0.4 is 0 Å². The van der Waals surface area contributed by atoms with Crippen LogP contribution in [0.2, 0.25) is 0 Å². The van der Waals surface area contributed by atoms with E-state index < -0.39 is 0 Å². The number of hydrogen-bond donors (Lipinski definition) is 1. The summed E-state index contributed by atoms with van der Waals surface area (Å²) < 4.78 is 5.12. The normalized spacial score (nSPS) is 22.3. The number of rotatable bonds is 5. The van der Waals surface area contributed by atoms with Gasteiger partial charge in [0.25, 0.3) is 0 Å². The molecule has 1 aromatic rings. The molecule has 0 radical (unpaired) electrons. The molecule has 5 nitrogen and oxygen atoms in total. The van der Waals surface area contributed by atoms with Crippen LogP contribution in [0, 0.1) is 13.8 Å². The van der Waals surface area contributed by atoms with Crippen LogP contribution in [0.4, 0.5) is 0 Å². The third-order valence-electron chi connectivity index (χ3n) is 4.24. The highest BCUT2D eigenvalue weighted by molar-refractivity contribution is 7.99. The second-order valence-electron chi connectivity index (χ2n) is 5.72. The van der Waals surface area contributed by atoms with Crippen molar-refractivity contribution in [3.8, 4) is 0 Å². The number of aryl methyl sites for hydroxylation is 2. The first-order valence-electron chi connectivity index (χ1n) is 7.44. The fourth-order valence-corrected chi connectivity index (χ4v) is 3.88. The van der Waals surface area contributed by atoms with Gasteiger partial charge in [0.2, 0.25) is 5.91 Å². The summed E-state index contributed by atoms with van der Waals surface area (Å²) in [5.74, 6) is 2.05. The molecule has 0 aliphatic heterocycles. The van der Waals surface area contributed by atoms with Crippen molar-refractivity contribution in [1.82, 2.24) is 10.1 Å². The van der Waals surface area contributed by atoms with Crippen molar-refractivity contribution in [3.05, 3.63) is 17.0 Å². The predicted molar refractivity (Wildman–Crippen MR) is 83.2 cm³/mol. The van der Waals surface area contributed by atoms with Crippen molar-refractivity contribution in [2.24, 2.45) is 0 Å². The molecule has 1 aromatic heterocycles. The molecule has 6 heteroatoms. The maximum Gasteiger partial charge on any atom is 0.232 e. The number of carbonyl (C=O) groups excluding carboxylic acids is 1. The van der Waals surface area contributed by atoms with Crippen LogP contribution in [0.15, 0.2) is 4.52 Å². The molecular formula is C15H24N2O3S. The van der Waals surface area contributed by atoms with E-state index in [2.05, 4.69) is 5.16 Å². The van der Waals surface area contributed by atoms with Crippen molar-refractivity contribution in [2.75, 3.05) is 12.8 Å². The van der Waals surface area contributed by atoms with Crippen LogP contribution in [0.1, 0.15) is 42.7 Å². The minimum absolute atomic E-state index is 0.0223. The third kappa shape index (κ3) is 4.01. The number of likely N-dealkylation sites (N-methyl/N-ethyl adjacent to an activating group) is 1. The lowest BCUT2D eigenvalue weighted by Crippen LogP contribution is -2.46. The second kappa shape index (κ2) is 7.31. The first-order valence-corrected chi connectivity index (χ1v) is 8.59. The number of aromatic nitrogens is 1. The Bertz CT molecular complexity index is 470. The van der Waals surface area contributed by atoms with E-state index in [1.807, 2.05) is 13.8 Å². The van der Waals surface area contributed by atoms with Crippen molar-refractivity contribution in [2.45, 2.75) is 57.4 Å². The number of aliphatic hydroxyl groups excluding tert-OH is 1. The van der Waals surface area contributed by atoms with E-state index in [1.54, 1.807) is 23.7 Å². The zero-order valence-electron chi connectivity index (χ0n) is 13.0. The Kier molecular flexibility index (Phi) is 5.70. The minimum atomic E-state index is -0.375. The summed E-state index contributed by atoms with van der Waals surface area (Å²) in [7, 11) is 1.80. The molecule has 0 bridgehead atoms. The van der Waals surface area contributed by atoms with Gasteiger partial charge in [0, 0.05) is 18.4 Å². The molecule has 1 fully saturated rings. The van der Waals surface area contributed by atoms with Crippen LogP contribution >= 0.6 is 11.8 Å². The minimum Gasteiger partial charge on any atom is -0.391 e. The van der Waals surface area contributed by atoms with Gasteiger partial charge < -0.3 is 14.5 Å². The molecule has 118 valence electrons. The standard InChI is InChI=1S/C15H24N2O3S/c1-10-12(11(2)20-16-10)8-21-9-15(19)17(3)13-6-4-5-7-14(13)18/h13-14,18H,4-9H2,1-3H3. The molecule has 2 rings (SSSR count). The third-order valence-corrected chi connectivity index (χ3v) is 5.18. The molecule has 21 heavy (non-hydrogen) atoms. The quantitative estimate of drug-likeness (QED) is 0.903. The molecule has 0 spiro atoms. The highest BCUT2D eigenvalue weighted by Gasteiger charge is 2.29. The van der Waals surface area contributed by atoms with Gasteiger partial charge in [0.1, 0.15) is 5.76 Å². The monoisotopic (exact) mass is 312 g/mol. The Morgan fingerprint density at radius 1 is 1.43 bits per heavy atom. The van der Waals surface area contributed by atoms with E-state index in [1.165, 1.54) is 0 Å². The Labute approximate surface area is 130 Å². The average molecular weight is 312 g/mol. The van der Waals surface area contributed by atoms with E-state index in [-0.39, 0.29) is 18.1 Å². The van der Waals surface area contributed by atoms with Crippen LogP contribution in [0.3, 0.4) is 0 Å². The highest BCUT2D eigenvalue weighted by atomic mass is 32.2. The molecule has 1 heterocycles. The van der Waals surface area contributed by atoms with Gasteiger partial charge in [-0.15, -0.1) is 11.8 Å². The van der Waals surface area contributed by atoms with Gasteiger partial charge in [0.05, 0.1) is 23.6 Å². The zero-order valence-corrected chi connectivity index (χ0v) is 13.8. The number of nitrogens with zero attached hydrogens (tertiary/aromatic N) is 2. The van der Waals surface area contributed by atoms with Gasteiger partial charge in [-0.1, -0.05) is 18.0 Å². The molecule has 1 aliphatic carbocycles. The largest absolute Gasteiger partial charge is 0.391 e. The Balaban J connectivity index is 1.81. The molecule has 2 unspecified atom stereocenters. The molecule has 1 aliphatic rings. The van der Waals surface area contributed by atoms with Crippen LogP contribution in [0.5, 0.6) is 0 Å². The van der Waals surface area contributed by atoms with E-state index in [9.17, 15) is 9.90 Å². The molecule has 2 atom stereocenters. The summed E-state index contributed by atoms with van der Waals surface area (Å²) >= 11 is 1.57. The summed E-state index contributed by atoms with van der Waals surface area (Å²) in [6.45, 7) is 3.81. The summed E-state index contributed by atoms with van der Waals surface area (Å²) in [6.07, 6.45) is 3.47. The van der Waals surface area contributed by atoms with E-state index in [0.717, 1.165) is 48.5 Å². The molecule has 1 saturated carbocycles. The van der Waals surface area contributed by atoms with Gasteiger partial charge in [-0.25, -0.2) is 0 Å². The molecule has 1 amide bonds. The number of hydrogen-bond acceptors (Lipinski definition) is 5. The molecular weight excluding hydrogens is 288 g/mol. The Hall–Kier alpha value is -1.01. The van der Waals surface area contributed by atoms with Crippen LogP contribution in [0.25, 0.3) is 0 Å². The van der Waals surface area contributed by atoms with Gasteiger partial charge in [-0.3, -0.25) is 4.79 Å². The number of amides is 1. The molecule has 1 N–H and O–H groups in total. The van der Waals surface area contributed by atoms with Gasteiger partial charge in [-0.05, 0) is 26.7 Å². The van der Waals surface area contributed by atoms with E-state index >= 15 is 0 Å². The highest BCUT2D eigenvalue weighted by Crippen LogP contribution is 2.24. The smallest absolute Gasteiger partial charge is 0.232 e. The van der Waals surface area contributed by atoms with Crippen LogP contribution in [-0.4, -0.2) is 46.0 Å². The average Bonchev–Trinajstić information content (AvgIpc) is 2.78. The second-order valence-corrected chi connectivity index (χ2v) is 6.70. The number of carbonyl (C=O) groups is 1. The lowest BCUT2D eigenvalue weighted by Gasteiger charge is -2.35. The molecule has 0 saturated heterocycles. The van der Waals surface area contributed by atoms with Gasteiger partial charge in [0.15, 0.2) is 0 Å². The predicted octanol–water partition coefficient (Wildman–Crippen LogP) is 2.29. The summed E-state index contributed by atoms with van der Waals surface area (Å²) in [4.78, 5) is 14.0. The van der Waals surface area contributed by atoms with Crippen molar-refractivity contribution < 1.29 is 14.4 Å². The first kappa shape index (κ1) is 16.4. The Morgan fingerprint density at radius 3 is 2.76 bits per heavy atom. The van der Waals surface area contributed by atoms with E-state index in [0.29, 0.717) is 5.75 Å². The maximum absolute atomic E-state index is 12.2. The number of thioether (sulfide) groups is 1. The fraction of sp³-hybridized carbons (Fsp3) is 0.733. The Morgan fingerprint density at radius 2 is 2.14 bits per heavy atom. The zero-order chi connectivity index (χ0) is 15.4. The SMILES string of the molecule is Cc1noc(C)c1CSCC(=O)N(C)C1CCCCC1O. The van der Waals surface area contributed by atoms with Crippen molar-refractivity contribution >= 4 is 17.7 Å². The molecule has 0 aromatic carbocycles. The lowest BCUT2D eigenvalue weighted by atomic mass is 9.91. The maximum atomic E-state index is 12.2. The van der Waals surface area contributed by atoms with E-state index in [4.69, 9.17) is 4.52 Å². The topological polar surface area (TPSA) is 66.6 Å². The number of aliphatic hydroxyl groups is 1. The van der Waals surface area contributed by atoms with Crippen molar-refractivity contribution in [1.29, 1.82) is 0 Å². The fourth-order valence-electron chi connectivity index (χ4n) is 2.78.